The number of nitrogens with zero attached hydrogens (tertiary/aromatic N) is 1. The molecule has 0 amide bonds. The van der Waals surface area contributed by atoms with Crippen LogP contribution in [-0.2, 0) is 0 Å². The van der Waals surface area contributed by atoms with E-state index in [-0.39, 0.29) is 5.82 Å². The van der Waals surface area contributed by atoms with E-state index in [1.54, 1.807) is 12.1 Å². The van der Waals surface area contributed by atoms with Gasteiger partial charge in [0, 0.05) is 18.6 Å². The Hall–Kier alpha value is -1.15. The molecular weight excluding hydrogens is 213 g/mol. The molecule has 0 N–H and O–H groups in total. The minimum absolute atomic E-state index is 0.138. The number of hydrogen-bond donors (Lipinski definition) is 0. The first kappa shape index (κ1) is 12.3. The zero-order valence-corrected chi connectivity index (χ0v) is 10.4. The number of benzene rings is 1. The van der Waals surface area contributed by atoms with Crippen molar-refractivity contribution in [1.82, 2.24) is 4.90 Å². The van der Waals surface area contributed by atoms with Crippen LogP contribution in [0.15, 0.2) is 36.9 Å². The first-order chi connectivity index (χ1) is 8.26. The fourth-order valence-electron chi connectivity index (χ4n) is 2.87. The first-order valence-electron chi connectivity index (χ1n) is 6.38. The molecule has 1 aliphatic heterocycles. The lowest BCUT2D eigenvalue weighted by atomic mass is 10.0. The molecule has 0 saturated carbocycles. The maximum atomic E-state index is 13.3. The summed E-state index contributed by atoms with van der Waals surface area (Å²) in [5.41, 5.74) is 1.10. The van der Waals surface area contributed by atoms with E-state index in [2.05, 4.69) is 18.4 Å². The lowest BCUT2D eigenvalue weighted by Gasteiger charge is -2.28. The van der Waals surface area contributed by atoms with Crippen LogP contribution in [0.3, 0.4) is 0 Å². The highest BCUT2D eigenvalue weighted by molar-refractivity contribution is 5.22. The van der Waals surface area contributed by atoms with Gasteiger partial charge in [-0.25, -0.2) is 4.39 Å². The quantitative estimate of drug-likeness (QED) is 0.712. The van der Waals surface area contributed by atoms with E-state index in [4.69, 9.17) is 0 Å². The molecule has 92 valence electrons. The van der Waals surface area contributed by atoms with Crippen LogP contribution in [0.1, 0.15) is 37.8 Å². The number of likely N-dealkylation sites (tertiary alicyclic amines) is 1. The lowest BCUT2D eigenvalue weighted by Crippen LogP contribution is -2.31. The summed E-state index contributed by atoms with van der Waals surface area (Å²) in [5.74, 6) is -0.138. The van der Waals surface area contributed by atoms with Gasteiger partial charge in [-0.1, -0.05) is 25.1 Å². The monoisotopic (exact) mass is 233 g/mol. The second-order valence-corrected chi connectivity index (χ2v) is 4.70. The van der Waals surface area contributed by atoms with Gasteiger partial charge in [0.2, 0.25) is 0 Å². The summed E-state index contributed by atoms with van der Waals surface area (Å²) in [6.07, 6.45) is 5.42. The first-order valence-corrected chi connectivity index (χ1v) is 6.38. The van der Waals surface area contributed by atoms with Crippen molar-refractivity contribution >= 4 is 0 Å². The van der Waals surface area contributed by atoms with Gasteiger partial charge < -0.3 is 0 Å². The van der Waals surface area contributed by atoms with Gasteiger partial charge in [-0.3, -0.25) is 4.90 Å². The van der Waals surface area contributed by atoms with Crippen LogP contribution in [-0.4, -0.2) is 17.5 Å². The van der Waals surface area contributed by atoms with Crippen molar-refractivity contribution in [2.45, 2.75) is 38.3 Å². The van der Waals surface area contributed by atoms with Crippen molar-refractivity contribution < 1.29 is 4.39 Å². The molecule has 0 radical (unpaired) electrons. The van der Waals surface area contributed by atoms with Crippen LogP contribution in [0.5, 0.6) is 0 Å². The molecule has 17 heavy (non-hydrogen) atoms. The number of halogens is 1. The molecule has 0 aromatic heterocycles. The molecule has 0 unspecified atom stereocenters. The van der Waals surface area contributed by atoms with Crippen molar-refractivity contribution in [1.29, 1.82) is 0 Å². The predicted molar refractivity (Wildman–Crippen MR) is 69.4 cm³/mol. The van der Waals surface area contributed by atoms with Gasteiger partial charge in [0.15, 0.2) is 0 Å². The van der Waals surface area contributed by atoms with E-state index in [9.17, 15) is 4.39 Å². The molecule has 1 fully saturated rings. The second-order valence-electron chi connectivity index (χ2n) is 4.70. The van der Waals surface area contributed by atoms with Crippen molar-refractivity contribution in [2.75, 3.05) is 6.54 Å². The molecule has 1 heterocycles. The van der Waals surface area contributed by atoms with Crippen molar-refractivity contribution in [3.05, 3.63) is 48.3 Å². The van der Waals surface area contributed by atoms with Gasteiger partial charge in [0.05, 0.1) is 0 Å². The van der Waals surface area contributed by atoms with E-state index >= 15 is 0 Å². The summed E-state index contributed by atoms with van der Waals surface area (Å²) in [6, 6.07) is 7.97. The predicted octanol–water partition coefficient (Wildman–Crippen LogP) is 3.93. The Labute approximate surface area is 103 Å². The van der Waals surface area contributed by atoms with Crippen molar-refractivity contribution in [3.8, 4) is 0 Å². The molecule has 2 heteroatoms. The third kappa shape index (κ3) is 2.58. The Balaban J connectivity index is 2.22. The summed E-state index contributed by atoms with van der Waals surface area (Å²) in [5, 5.41) is 0. The lowest BCUT2D eigenvalue weighted by molar-refractivity contribution is 0.211. The van der Waals surface area contributed by atoms with Gasteiger partial charge >= 0.3 is 0 Å². The topological polar surface area (TPSA) is 3.24 Å². The second kappa shape index (κ2) is 5.46. The Morgan fingerprint density at radius 3 is 2.94 bits per heavy atom. The highest BCUT2D eigenvalue weighted by Gasteiger charge is 2.32. The van der Waals surface area contributed by atoms with Crippen LogP contribution in [0.4, 0.5) is 4.39 Å². The van der Waals surface area contributed by atoms with E-state index in [1.165, 1.54) is 12.5 Å². The molecule has 0 aliphatic carbocycles. The van der Waals surface area contributed by atoms with Gasteiger partial charge in [-0.05, 0) is 37.0 Å². The standard InChI is InChI=1S/C15H20FN/c1-3-10-17-14(4-2)8-9-15(17)12-6-5-7-13(16)11-12/h3,5-7,11,14-15H,1,4,8-10H2,2H3/t14-,15+/m1/s1. The molecule has 1 nitrogen and oxygen atoms in total. The van der Waals surface area contributed by atoms with E-state index in [0.29, 0.717) is 12.1 Å². The molecule has 0 spiro atoms. The average Bonchev–Trinajstić information content (AvgIpc) is 2.72. The van der Waals surface area contributed by atoms with Crippen molar-refractivity contribution in [3.63, 3.8) is 0 Å². The number of rotatable bonds is 4. The SMILES string of the molecule is C=CCN1[C@H](CC)CC[C@H]1c1cccc(F)c1. The number of hydrogen-bond acceptors (Lipinski definition) is 1. The minimum Gasteiger partial charge on any atom is -0.290 e. The van der Waals surface area contributed by atoms with Gasteiger partial charge in [0.1, 0.15) is 5.82 Å². The van der Waals surface area contributed by atoms with Gasteiger partial charge in [0.25, 0.3) is 0 Å². The van der Waals surface area contributed by atoms with E-state index < -0.39 is 0 Å². The molecule has 1 aromatic rings. The largest absolute Gasteiger partial charge is 0.290 e. The Kier molecular flexibility index (Phi) is 3.95. The van der Waals surface area contributed by atoms with Crippen LogP contribution >= 0.6 is 0 Å². The van der Waals surface area contributed by atoms with Crippen LogP contribution < -0.4 is 0 Å². The summed E-state index contributed by atoms with van der Waals surface area (Å²) in [4.78, 5) is 2.45. The van der Waals surface area contributed by atoms with Crippen LogP contribution in [0, 0.1) is 5.82 Å². The van der Waals surface area contributed by atoms with Crippen LogP contribution in [0.2, 0.25) is 0 Å². The summed E-state index contributed by atoms with van der Waals surface area (Å²) in [6.45, 7) is 6.93. The zero-order valence-electron chi connectivity index (χ0n) is 10.4. The maximum absolute atomic E-state index is 13.3. The summed E-state index contributed by atoms with van der Waals surface area (Å²) < 4.78 is 13.3. The van der Waals surface area contributed by atoms with E-state index in [1.807, 2.05) is 12.1 Å². The smallest absolute Gasteiger partial charge is 0.123 e. The van der Waals surface area contributed by atoms with Gasteiger partial charge in [-0.15, -0.1) is 6.58 Å². The minimum atomic E-state index is -0.138. The third-order valence-corrected chi connectivity index (χ3v) is 3.69. The molecule has 1 aromatic carbocycles. The normalized spacial score (nSPS) is 25.1. The molecule has 2 atom stereocenters. The summed E-state index contributed by atoms with van der Waals surface area (Å²) >= 11 is 0. The molecule has 1 aliphatic rings. The van der Waals surface area contributed by atoms with Crippen molar-refractivity contribution in [2.24, 2.45) is 0 Å². The highest BCUT2D eigenvalue weighted by Crippen LogP contribution is 2.37. The fourth-order valence-corrected chi connectivity index (χ4v) is 2.87. The third-order valence-electron chi connectivity index (χ3n) is 3.69. The molecule has 0 bridgehead atoms. The van der Waals surface area contributed by atoms with Gasteiger partial charge in [-0.2, -0.15) is 0 Å². The highest BCUT2D eigenvalue weighted by atomic mass is 19.1. The average molecular weight is 233 g/mol. The zero-order chi connectivity index (χ0) is 12.3. The molecule has 1 saturated heterocycles. The van der Waals surface area contributed by atoms with E-state index in [0.717, 1.165) is 24.9 Å². The molecular formula is C15H20FN. The Morgan fingerprint density at radius 1 is 1.47 bits per heavy atom. The Morgan fingerprint density at radius 2 is 2.29 bits per heavy atom. The maximum Gasteiger partial charge on any atom is 0.123 e. The molecule has 2 rings (SSSR count). The summed E-state index contributed by atoms with van der Waals surface area (Å²) in [7, 11) is 0. The Bertz CT molecular complexity index is 388. The fraction of sp³-hybridized carbons (Fsp3) is 0.467. The van der Waals surface area contributed by atoms with Crippen LogP contribution in [0.25, 0.3) is 0 Å².